The van der Waals surface area contributed by atoms with E-state index in [1.54, 1.807) is 0 Å². The molecule has 1 fully saturated rings. The molecular weight excluding hydrogens is 297 g/mol. The second-order valence-electron chi connectivity index (χ2n) is 5.37. The molecule has 118 valence electrons. The van der Waals surface area contributed by atoms with E-state index < -0.39 is 18.1 Å². The molecule has 1 atom stereocenters. The normalized spacial score (nSPS) is 18.9. The van der Waals surface area contributed by atoms with Crippen LogP contribution in [0.3, 0.4) is 0 Å². The number of H-pyrrole nitrogens is 1. The summed E-state index contributed by atoms with van der Waals surface area (Å²) in [5, 5.41) is 6.57. The van der Waals surface area contributed by atoms with Gasteiger partial charge in [-0.25, -0.2) is 0 Å². The highest BCUT2D eigenvalue weighted by Crippen LogP contribution is 2.33. The molecule has 0 aromatic carbocycles. The summed E-state index contributed by atoms with van der Waals surface area (Å²) in [5.41, 5.74) is 1.38. The maximum Gasteiger partial charge on any atom is 0.408 e. The Labute approximate surface area is 124 Å². The van der Waals surface area contributed by atoms with E-state index >= 15 is 0 Å². The first-order chi connectivity index (χ1) is 10.4. The highest BCUT2D eigenvalue weighted by atomic mass is 19.4. The van der Waals surface area contributed by atoms with Gasteiger partial charge in [0.15, 0.2) is 0 Å². The number of aromatic nitrogens is 3. The van der Waals surface area contributed by atoms with Crippen molar-refractivity contribution in [1.82, 2.24) is 19.7 Å². The van der Waals surface area contributed by atoms with Gasteiger partial charge in [0, 0.05) is 19.8 Å². The molecule has 8 heteroatoms. The SMILES string of the molecule is Cn1cccc1-c1cc(C(=O)N2CCCC2C(F)(F)F)[nH]n1. The average Bonchev–Trinajstić information content (AvgIpc) is 3.16. The number of hydrogen-bond donors (Lipinski definition) is 1. The van der Waals surface area contributed by atoms with Crippen molar-refractivity contribution in [2.24, 2.45) is 7.05 Å². The Morgan fingerprint density at radius 3 is 2.86 bits per heavy atom. The van der Waals surface area contributed by atoms with Crippen LogP contribution in [0.5, 0.6) is 0 Å². The smallest absolute Gasteiger partial charge is 0.349 e. The van der Waals surface area contributed by atoms with Crippen LogP contribution in [0.15, 0.2) is 24.4 Å². The molecule has 1 aliphatic rings. The van der Waals surface area contributed by atoms with Gasteiger partial charge in [-0.3, -0.25) is 9.89 Å². The van der Waals surface area contributed by atoms with Gasteiger partial charge in [0.1, 0.15) is 17.4 Å². The number of amides is 1. The molecule has 3 rings (SSSR count). The highest BCUT2D eigenvalue weighted by Gasteiger charge is 2.48. The van der Waals surface area contributed by atoms with Crippen molar-refractivity contribution in [3.63, 3.8) is 0 Å². The first kappa shape index (κ1) is 14.7. The van der Waals surface area contributed by atoms with Crippen LogP contribution in [-0.4, -0.2) is 44.3 Å². The summed E-state index contributed by atoms with van der Waals surface area (Å²) in [7, 11) is 1.83. The molecule has 0 saturated carbocycles. The molecule has 0 bridgehead atoms. The topological polar surface area (TPSA) is 53.9 Å². The minimum atomic E-state index is -4.40. The third kappa shape index (κ3) is 2.49. The van der Waals surface area contributed by atoms with Crippen molar-refractivity contribution in [3.8, 4) is 11.4 Å². The van der Waals surface area contributed by atoms with Crippen LogP contribution < -0.4 is 0 Å². The second kappa shape index (κ2) is 5.19. The number of aromatic amines is 1. The molecule has 0 spiro atoms. The molecular formula is C14H15F3N4O. The van der Waals surface area contributed by atoms with Gasteiger partial charge < -0.3 is 9.47 Å². The third-order valence-electron chi connectivity index (χ3n) is 3.91. The van der Waals surface area contributed by atoms with Crippen molar-refractivity contribution in [3.05, 3.63) is 30.1 Å². The summed E-state index contributed by atoms with van der Waals surface area (Å²) in [6.45, 7) is 0.113. The number of halogens is 3. The zero-order chi connectivity index (χ0) is 15.9. The van der Waals surface area contributed by atoms with Gasteiger partial charge in [-0.1, -0.05) is 0 Å². The van der Waals surface area contributed by atoms with E-state index in [1.807, 2.05) is 29.9 Å². The molecule has 22 heavy (non-hydrogen) atoms. The molecule has 5 nitrogen and oxygen atoms in total. The van der Waals surface area contributed by atoms with Gasteiger partial charge in [0.25, 0.3) is 5.91 Å². The molecule has 1 N–H and O–H groups in total. The van der Waals surface area contributed by atoms with E-state index in [2.05, 4.69) is 10.2 Å². The Kier molecular flexibility index (Phi) is 3.46. The summed E-state index contributed by atoms with van der Waals surface area (Å²) in [4.78, 5) is 13.2. The lowest BCUT2D eigenvalue weighted by Gasteiger charge is -2.25. The zero-order valence-corrected chi connectivity index (χ0v) is 11.9. The van der Waals surface area contributed by atoms with E-state index in [1.165, 1.54) is 6.07 Å². The Bertz CT molecular complexity index is 688. The molecule has 3 heterocycles. The average molecular weight is 312 g/mol. The van der Waals surface area contributed by atoms with E-state index in [4.69, 9.17) is 0 Å². The molecule has 0 radical (unpaired) electrons. The fourth-order valence-corrected chi connectivity index (χ4v) is 2.79. The molecule has 2 aromatic rings. The van der Waals surface area contributed by atoms with E-state index in [0.717, 1.165) is 10.6 Å². The van der Waals surface area contributed by atoms with Crippen molar-refractivity contribution in [2.45, 2.75) is 25.1 Å². The number of hydrogen-bond acceptors (Lipinski definition) is 2. The molecule has 1 saturated heterocycles. The van der Waals surface area contributed by atoms with Crippen LogP contribution in [-0.2, 0) is 7.05 Å². The highest BCUT2D eigenvalue weighted by molar-refractivity contribution is 5.93. The Hall–Kier alpha value is -2.25. The number of nitrogens with zero attached hydrogens (tertiary/aromatic N) is 3. The van der Waals surface area contributed by atoms with Crippen molar-refractivity contribution in [1.29, 1.82) is 0 Å². The maximum atomic E-state index is 12.9. The molecule has 1 unspecified atom stereocenters. The molecule has 1 amide bonds. The van der Waals surface area contributed by atoms with Crippen LogP contribution in [0.1, 0.15) is 23.3 Å². The summed E-state index contributed by atoms with van der Waals surface area (Å²) in [6, 6.07) is 3.43. The summed E-state index contributed by atoms with van der Waals surface area (Å²) < 4.78 is 40.7. The monoisotopic (exact) mass is 312 g/mol. The fraction of sp³-hybridized carbons (Fsp3) is 0.429. The third-order valence-corrected chi connectivity index (χ3v) is 3.91. The maximum absolute atomic E-state index is 12.9. The summed E-state index contributed by atoms with van der Waals surface area (Å²) in [5.74, 6) is -0.659. The standard InChI is InChI=1S/C14H15F3N4O/c1-20-6-2-4-11(20)9-8-10(19-18-9)13(22)21-7-3-5-12(21)14(15,16)17/h2,4,6,8,12H,3,5,7H2,1H3,(H,18,19). The lowest BCUT2D eigenvalue weighted by atomic mass is 10.2. The second-order valence-corrected chi connectivity index (χ2v) is 5.37. The number of likely N-dealkylation sites (tertiary alicyclic amines) is 1. The zero-order valence-electron chi connectivity index (χ0n) is 11.9. The number of rotatable bonds is 2. The van der Waals surface area contributed by atoms with Crippen LogP contribution >= 0.6 is 0 Å². The van der Waals surface area contributed by atoms with Crippen molar-refractivity contribution >= 4 is 5.91 Å². The predicted molar refractivity (Wildman–Crippen MR) is 73.1 cm³/mol. The van der Waals surface area contributed by atoms with Crippen LogP contribution in [0, 0.1) is 0 Å². The Balaban J connectivity index is 1.84. The number of alkyl halides is 3. The van der Waals surface area contributed by atoms with Gasteiger partial charge in [-0.15, -0.1) is 0 Å². The van der Waals surface area contributed by atoms with Gasteiger partial charge in [-0.2, -0.15) is 18.3 Å². The Morgan fingerprint density at radius 1 is 1.45 bits per heavy atom. The largest absolute Gasteiger partial charge is 0.408 e. The molecule has 1 aliphatic heterocycles. The van der Waals surface area contributed by atoms with E-state index in [-0.39, 0.29) is 18.7 Å². The number of aryl methyl sites for hydroxylation is 1. The minimum Gasteiger partial charge on any atom is -0.349 e. The number of carbonyl (C=O) groups is 1. The minimum absolute atomic E-state index is 0.0476. The van der Waals surface area contributed by atoms with Gasteiger partial charge in [-0.05, 0) is 31.0 Å². The van der Waals surface area contributed by atoms with E-state index in [0.29, 0.717) is 12.1 Å². The first-order valence-electron chi connectivity index (χ1n) is 6.92. The quantitative estimate of drug-likeness (QED) is 0.926. The van der Waals surface area contributed by atoms with Gasteiger partial charge >= 0.3 is 6.18 Å². The lowest BCUT2D eigenvalue weighted by Crippen LogP contribution is -2.44. The van der Waals surface area contributed by atoms with Crippen LogP contribution in [0.4, 0.5) is 13.2 Å². The first-order valence-corrected chi connectivity index (χ1v) is 6.92. The predicted octanol–water partition coefficient (Wildman–Crippen LogP) is 2.58. The van der Waals surface area contributed by atoms with Crippen molar-refractivity contribution in [2.75, 3.05) is 6.54 Å². The molecule has 2 aromatic heterocycles. The van der Waals surface area contributed by atoms with E-state index in [9.17, 15) is 18.0 Å². The van der Waals surface area contributed by atoms with Crippen LogP contribution in [0.25, 0.3) is 11.4 Å². The fourth-order valence-electron chi connectivity index (χ4n) is 2.79. The van der Waals surface area contributed by atoms with Crippen LogP contribution in [0.2, 0.25) is 0 Å². The number of carbonyl (C=O) groups excluding carboxylic acids is 1. The summed E-state index contributed by atoms with van der Waals surface area (Å²) in [6.07, 6.45) is -2.26. The van der Waals surface area contributed by atoms with Gasteiger partial charge in [0.05, 0.1) is 5.69 Å². The summed E-state index contributed by atoms with van der Waals surface area (Å²) >= 11 is 0. The Morgan fingerprint density at radius 2 is 2.23 bits per heavy atom. The van der Waals surface area contributed by atoms with Crippen molar-refractivity contribution < 1.29 is 18.0 Å². The van der Waals surface area contributed by atoms with Gasteiger partial charge in [0.2, 0.25) is 0 Å². The molecule has 0 aliphatic carbocycles. The lowest BCUT2D eigenvalue weighted by molar-refractivity contribution is -0.169. The number of nitrogens with one attached hydrogen (secondary N) is 1.